The molecule has 8 heteroatoms. The Labute approximate surface area is 112 Å². The Morgan fingerprint density at radius 2 is 2.16 bits per heavy atom. The minimum absolute atomic E-state index is 0.0296. The van der Waals surface area contributed by atoms with Crippen LogP contribution in [0.15, 0.2) is 12.3 Å². The molecule has 0 saturated heterocycles. The maximum atomic E-state index is 11.9. The van der Waals surface area contributed by atoms with Gasteiger partial charge in [0.25, 0.3) is 0 Å². The highest BCUT2D eigenvalue weighted by Gasteiger charge is 2.25. The van der Waals surface area contributed by atoms with E-state index < -0.39 is 16.3 Å². The molecule has 0 saturated carbocycles. The van der Waals surface area contributed by atoms with Crippen molar-refractivity contribution in [2.45, 2.75) is 26.8 Å². The maximum Gasteiger partial charge on any atom is 0.413 e. The van der Waals surface area contributed by atoms with Crippen molar-refractivity contribution in [3.63, 3.8) is 0 Å². The molecule has 1 heterocycles. The molecule has 0 atom stereocenters. The van der Waals surface area contributed by atoms with Crippen LogP contribution in [0.1, 0.15) is 24.5 Å². The van der Waals surface area contributed by atoms with Gasteiger partial charge in [-0.1, -0.05) is 6.92 Å². The van der Waals surface area contributed by atoms with Crippen molar-refractivity contribution < 1.29 is 17.4 Å². The van der Waals surface area contributed by atoms with Crippen molar-refractivity contribution in [3.05, 3.63) is 23.4 Å². The zero-order valence-corrected chi connectivity index (χ0v) is 11.9. The van der Waals surface area contributed by atoms with E-state index in [-0.39, 0.29) is 18.8 Å². The first-order valence-corrected chi connectivity index (χ1v) is 7.05. The SMILES string of the molecule is CCC(=O)OS(=O)(=O)N(C)c1ncc(C)cc1CN. The lowest BCUT2D eigenvalue weighted by Crippen LogP contribution is -2.32. The molecule has 0 fully saturated rings. The summed E-state index contributed by atoms with van der Waals surface area (Å²) in [4.78, 5) is 15.1. The number of nitrogens with two attached hydrogens (primary N) is 1. The molecule has 0 bridgehead atoms. The van der Waals surface area contributed by atoms with E-state index in [2.05, 4.69) is 9.17 Å². The smallest absolute Gasteiger partial charge is 0.330 e. The molecular weight excluding hydrogens is 270 g/mol. The van der Waals surface area contributed by atoms with Crippen molar-refractivity contribution in [3.8, 4) is 0 Å². The summed E-state index contributed by atoms with van der Waals surface area (Å²) >= 11 is 0. The molecule has 0 aliphatic heterocycles. The molecule has 0 aliphatic carbocycles. The predicted molar refractivity (Wildman–Crippen MR) is 70.6 cm³/mol. The van der Waals surface area contributed by atoms with E-state index in [0.717, 1.165) is 9.87 Å². The van der Waals surface area contributed by atoms with Gasteiger partial charge in [-0.25, -0.2) is 9.29 Å². The van der Waals surface area contributed by atoms with Gasteiger partial charge in [0, 0.05) is 31.8 Å². The molecule has 7 nitrogen and oxygen atoms in total. The molecule has 0 spiro atoms. The summed E-state index contributed by atoms with van der Waals surface area (Å²) < 4.78 is 28.9. The number of hydrogen-bond donors (Lipinski definition) is 1. The van der Waals surface area contributed by atoms with Crippen molar-refractivity contribution in [2.75, 3.05) is 11.4 Å². The van der Waals surface area contributed by atoms with Crippen molar-refractivity contribution >= 4 is 22.1 Å². The van der Waals surface area contributed by atoms with Gasteiger partial charge >= 0.3 is 16.3 Å². The number of anilines is 1. The highest BCUT2D eigenvalue weighted by molar-refractivity contribution is 7.88. The molecule has 19 heavy (non-hydrogen) atoms. The number of hydrogen-bond acceptors (Lipinski definition) is 6. The van der Waals surface area contributed by atoms with E-state index in [0.29, 0.717) is 5.56 Å². The first-order chi connectivity index (χ1) is 8.81. The van der Waals surface area contributed by atoms with Gasteiger partial charge in [0.2, 0.25) is 0 Å². The van der Waals surface area contributed by atoms with E-state index in [1.54, 1.807) is 6.07 Å². The quantitative estimate of drug-likeness (QED) is 0.845. The third kappa shape index (κ3) is 3.65. The molecule has 2 N–H and O–H groups in total. The summed E-state index contributed by atoms with van der Waals surface area (Å²) in [5, 5.41) is 0. The van der Waals surface area contributed by atoms with Crippen LogP contribution in [0.25, 0.3) is 0 Å². The Hall–Kier alpha value is -1.67. The fraction of sp³-hybridized carbons (Fsp3) is 0.455. The minimum Gasteiger partial charge on any atom is -0.330 e. The number of aromatic nitrogens is 1. The number of carbonyl (C=O) groups excluding carboxylic acids is 1. The summed E-state index contributed by atoms with van der Waals surface area (Å²) in [6.45, 7) is 3.46. The first kappa shape index (κ1) is 15.4. The number of rotatable bonds is 5. The molecule has 0 radical (unpaired) electrons. The summed E-state index contributed by atoms with van der Waals surface area (Å²) in [7, 11) is -2.95. The van der Waals surface area contributed by atoms with Crippen molar-refractivity contribution in [1.29, 1.82) is 0 Å². The zero-order valence-electron chi connectivity index (χ0n) is 11.1. The van der Waals surface area contributed by atoms with Crippen LogP contribution < -0.4 is 10.0 Å². The van der Waals surface area contributed by atoms with Gasteiger partial charge in [-0.2, -0.15) is 8.42 Å². The second kappa shape index (κ2) is 5.98. The highest BCUT2D eigenvalue weighted by Crippen LogP contribution is 2.20. The van der Waals surface area contributed by atoms with Gasteiger partial charge in [0.1, 0.15) is 5.82 Å². The lowest BCUT2D eigenvalue weighted by molar-refractivity contribution is -0.133. The molecule has 0 aliphatic rings. The number of pyridine rings is 1. The second-order valence-corrected chi connectivity index (χ2v) is 5.50. The zero-order chi connectivity index (χ0) is 14.6. The van der Waals surface area contributed by atoms with E-state index in [1.165, 1.54) is 20.2 Å². The van der Waals surface area contributed by atoms with Gasteiger partial charge in [-0.15, -0.1) is 0 Å². The van der Waals surface area contributed by atoms with Crippen LogP contribution in [-0.2, 0) is 25.8 Å². The van der Waals surface area contributed by atoms with E-state index in [4.69, 9.17) is 5.73 Å². The molecule has 0 amide bonds. The van der Waals surface area contributed by atoms with Gasteiger partial charge in [0.05, 0.1) is 0 Å². The predicted octanol–water partition coefficient (Wildman–Crippen LogP) is 0.483. The second-order valence-electron chi connectivity index (χ2n) is 3.93. The van der Waals surface area contributed by atoms with Crippen molar-refractivity contribution in [2.24, 2.45) is 5.73 Å². The average molecular weight is 287 g/mol. The Balaban J connectivity index is 3.12. The Kier molecular flexibility index (Phi) is 4.84. The summed E-state index contributed by atoms with van der Waals surface area (Å²) in [5.41, 5.74) is 6.97. The van der Waals surface area contributed by atoms with Crippen LogP contribution in [0.3, 0.4) is 0 Å². The number of aryl methyl sites for hydroxylation is 1. The minimum atomic E-state index is -4.20. The van der Waals surface area contributed by atoms with Gasteiger partial charge < -0.3 is 9.92 Å². The largest absolute Gasteiger partial charge is 0.413 e. The highest BCUT2D eigenvalue weighted by atomic mass is 32.2. The molecule has 0 aromatic carbocycles. The Morgan fingerprint density at radius 3 is 2.68 bits per heavy atom. The average Bonchev–Trinajstić information content (AvgIpc) is 2.37. The van der Waals surface area contributed by atoms with Crippen molar-refractivity contribution in [1.82, 2.24) is 4.98 Å². The van der Waals surface area contributed by atoms with Crippen LogP contribution >= 0.6 is 0 Å². The molecule has 1 aromatic rings. The van der Waals surface area contributed by atoms with Crippen LogP contribution in [0.5, 0.6) is 0 Å². The molecule has 0 unspecified atom stereocenters. The fourth-order valence-corrected chi connectivity index (χ4v) is 2.24. The van der Waals surface area contributed by atoms with Gasteiger partial charge in [-0.05, 0) is 18.6 Å². The molecular formula is C11H17N3O4S. The van der Waals surface area contributed by atoms with Crippen LogP contribution in [0.2, 0.25) is 0 Å². The summed E-state index contributed by atoms with van der Waals surface area (Å²) in [5.74, 6) is -0.676. The first-order valence-electron chi connectivity index (χ1n) is 5.68. The number of nitrogens with zero attached hydrogens (tertiary/aromatic N) is 2. The standard InChI is InChI=1S/C11H17N3O4S/c1-4-10(15)18-19(16,17)14(3)11-9(6-12)5-8(2)7-13-11/h5,7H,4,6,12H2,1-3H3. The van der Waals surface area contributed by atoms with Crippen LogP contribution in [0.4, 0.5) is 5.82 Å². The summed E-state index contributed by atoms with van der Waals surface area (Å²) in [6.07, 6.45) is 1.49. The third-order valence-electron chi connectivity index (χ3n) is 2.42. The van der Waals surface area contributed by atoms with Gasteiger partial charge in [0.15, 0.2) is 0 Å². The Morgan fingerprint density at radius 1 is 1.53 bits per heavy atom. The van der Waals surface area contributed by atoms with E-state index >= 15 is 0 Å². The van der Waals surface area contributed by atoms with E-state index in [9.17, 15) is 13.2 Å². The molecule has 1 rings (SSSR count). The molecule has 106 valence electrons. The van der Waals surface area contributed by atoms with Gasteiger partial charge in [-0.3, -0.25) is 4.79 Å². The monoisotopic (exact) mass is 287 g/mol. The lowest BCUT2D eigenvalue weighted by atomic mass is 10.2. The number of carbonyl (C=O) groups is 1. The van der Waals surface area contributed by atoms with Crippen LogP contribution in [0, 0.1) is 6.92 Å². The topological polar surface area (TPSA) is 103 Å². The normalized spacial score (nSPS) is 11.2. The van der Waals surface area contributed by atoms with E-state index in [1.807, 2.05) is 6.92 Å². The summed E-state index contributed by atoms with van der Waals surface area (Å²) in [6, 6.07) is 1.73. The third-order valence-corrected chi connectivity index (χ3v) is 3.66. The fourth-order valence-electron chi connectivity index (χ4n) is 1.39. The molecule has 1 aromatic heterocycles. The maximum absolute atomic E-state index is 11.9. The lowest BCUT2D eigenvalue weighted by Gasteiger charge is -2.19. The van der Waals surface area contributed by atoms with Crippen LogP contribution in [-0.4, -0.2) is 26.4 Å². The Bertz CT molecular complexity index is 571.